The number of amides is 2. The van der Waals surface area contributed by atoms with Crippen molar-refractivity contribution in [1.29, 1.82) is 0 Å². The van der Waals surface area contributed by atoms with Crippen LogP contribution in [0.3, 0.4) is 0 Å². The van der Waals surface area contributed by atoms with E-state index in [1.54, 1.807) is 31.2 Å². The molecule has 2 N–H and O–H groups in total. The van der Waals surface area contributed by atoms with Crippen LogP contribution in [0.2, 0.25) is 0 Å². The summed E-state index contributed by atoms with van der Waals surface area (Å²) in [4.78, 5) is 25.4. The Bertz CT molecular complexity index is 952. The Hall–Kier alpha value is -2.39. The number of esters is 1. The number of allylic oxidation sites excluding steroid dienone is 1. The van der Waals surface area contributed by atoms with Crippen molar-refractivity contribution in [2.75, 3.05) is 19.7 Å². The molecular weight excluding hydrogens is 418 g/mol. The first-order chi connectivity index (χ1) is 14.9. The minimum absolute atomic E-state index is 0.112. The first-order valence-corrected chi connectivity index (χ1v) is 12.4. The highest BCUT2D eigenvalue weighted by Crippen LogP contribution is 2.34. The predicted octanol–water partition coefficient (Wildman–Crippen LogP) is 3.22. The Balaban J connectivity index is 2.11. The van der Waals surface area contributed by atoms with Gasteiger partial charge in [0.2, 0.25) is 10.0 Å². The van der Waals surface area contributed by atoms with Gasteiger partial charge in [-0.2, -0.15) is 4.31 Å². The van der Waals surface area contributed by atoms with E-state index in [0.717, 1.165) is 32.1 Å². The van der Waals surface area contributed by atoms with Crippen LogP contribution in [0.5, 0.6) is 0 Å². The fourth-order valence-electron chi connectivity index (χ4n) is 4.05. The van der Waals surface area contributed by atoms with E-state index in [2.05, 4.69) is 10.6 Å². The van der Waals surface area contributed by atoms with E-state index in [1.165, 1.54) is 4.31 Å². The molecule has 2 aliphatic rings. The second kappa shape index (κ2) is 10.3. The number of hydrogen-bond donors (Lipinski definition) is 2. The molecule has 1 fully saturated rings. The van der Waals surface area contributed by atoms with Crippen molar-refractivity contribution in [2.45, 2.75) is 63.3 Å². The first kappa shape index (κ1) is 23.3. The van der Waals surface area contributed by atoms with E-state index in [1.807, 2.05) is 6.92 Å². The number of nitrogens with zero attached hydrogens (tertiary/aromatic N) is 1. The summed E-state index contributed by atoms with van der Waals surface area (Å²) in [5, 5.41) is 5.48. The summed E-state index contributed by atoms with van der Waals surface area (Å²) in [6.45, 7) is 4.85. The number of benzene rings is 1. The van der Waals surface area contributed by atoms with Crippen LogP contribution in [0, 0.1) is 0 Å². The van der Waals surface area contributed by atoms with Gasteiger partial charge in [-0.05, 0) is 44.2 Å². The molecule has 1 atom stereocenters. The third kappa shape index (κ3) is 5.10. The molecule has 1 unspecified atom stereocenters. The van der Waals surface area contributed by atoms with Gasteiger partial charge in [0.1, 0.15) is 0 Å². The number of carbonyl (C=O) groups is 2. The summed E-state index contributed by atoms with van der Waals surface area (Å²) in [5.74, 6) is -0.559. The van der Waals surface area contributed by atoms with Gasteiger partial charge < -0.3 is 15.4 Å². The first-order valence-electron chi connectivity index (χ1n) is 11.0. The second-order valence-corrected chi connectivity index (χ2v) is 9.66. The highest BCUT2D eigenvalue weighted by Gasteiger charge is 2.37. The van der Waals surface area contributed by atoms with Crippen LogP contribution in [0.15, 0.2) is 40.4 Å². The van der Waals surface area contributed by atoms with Crippen LogP contribution in [0.25, 0.3) is 0 Å². The lowest BCUT2D eigenvalue weighted by atomic mass is 9.93. The van der Waals surface area contributed by atoms with Gasteiger partial charge in [-0.3, -0.25) is 0 Å². The summed E-state index contributed by atoms with van der Waals surface area (Å²) in [6.07, 6.45) is 4.80. The molecule has 3 rings (SSSR count). The van der Waals surface area contributed by atoms with Gasteiger partial charge in [0, 0.05) is 18.8 Å². The molecule has 0 radical (unpaired) electrons. The normalized spacial score (nSPS) is 20.2. The maximum absolute atomic E-state index is 13.5. The van der Waals surface area contributed by atoms with Crippen LogP contribution in [-0.2, 0) is 19.6 Å². The molecule has 1 aromatic carbocycles. The van der Waals surface area contributed by atoms with Gasteiger partial charge >= 0.3 is 12.0 Å². The summed E-state index contributed by atoms with van der Waals surface area (Å²) in [5.41, 5.74) is 1.12. The van der Waals surface area contributed by atoms with Crippen molar-refractivity contribution in [3.8, 4) is 0 Å². The van der Waals surface area contributed by atoms with E-state index in [4.69, 9.17) is 4.74 Å². The minimum Gasteiger partial charge on any atom is -0.463 e. The van der Waals surface area contributed by atoms with E-state index in [-0.39, 0.29) is 17.1 Å². The summed E-state index contributed by atoms with van der Waals surface area (Å²) in [7, 11) is -3.77. The quantitative estimate of drug-likeness (QED) is 0.593. The highest BCUT2D eigenvalue weighted by molar-refractivity contribution is 7.89. The standard InChI is InChI=1S/C22H31N3O5S/c1-3-5-12-17-19(21(26)30-4-2)20(24-22(27)23-17)16-11-7-8-13-18(16)31(28,29)25-14-9-6-10-15-25/h7-8,11,13,20H,3-6,9-10,12,14-15H2,1-2H3,(H2,23,24,27). The Morgan fingerprint density at radius 2 is 1.87 bits per heavy atom. The van der Waals surface area contributed by atoms with E-state index < -0.39 is 28.1 Å². The molecule has 170 valence electrons. The lowest BCUT2D eigenvalue weighted by Gasteiger charge is -2.32. The number of nitrogens with one attached hydrogen (secondary N) is 2. The van der Waals surface area contributed by atoms with Crippen LogP contribution in [-0.4, -0.2) is 44.4 Å². The number of urea groups is 1. The molecule has 8 nitrogen and oxygen atoms in total. The maximum Gasteiger partial charge on any atom is 0.338 e. The molecule has 31 heavy (non-hydrogen) atoms. The number of rotatable bonds is 8. The van der Waals surface area contributed by atoms with E-state index in [0.29, 0.717) is 30.8 Å². The third-order valence-corrected chi connectivity index (χ3v) is 7.56. The summed E-state index contributed by atoms with van der Waals surface area (Å²) in [6, 6.07) is 5.21. The van der Waals surface area contributed by atoms with Crippen molar-refractivity contribution in [3.63, 3.8) is 0 Å². The van der Waals surface area contributed by atoms with Crippen molar-refractivity contribution >= 4 is 22.0 Å². The Morgan fingerprint density at radius 1 is 1.16 bits per heavy atom. The SMILES string of the molecule is CCCCC1=C(C(=O)OCC)C(c2ccccc2S(=O)(=O)N2CCCCC2)NC(=O)N1. The molecule has 1 saturated heterocycles. The van der Waals surface area contributed by atoms with Crippen molar-refractivity contribution < 1.29 is 22.7 Å². The maximum atomic E-state index is 13.5. The minimum atomic E-state index is -3.77. The lowest BCUT2D eigenvalue weighted by Crippen LogP contribution is -2.46. The van der Waals surface area contributed by atoms with Gasteiger partial charge in [-0.15, -0.1) is 0 Å². The number of ether oxygens (including phenoxy) is 1. The molecule has 0 saturated carbocycles. The van der Waals surface area contributed by atoms with Crippen LogP contribution in [0.1, 0.15) is 64.0 Å². The van der Waals surface area contributed by atoms with E-state index in [9.17, 15) is 18.0 Å². The molecule has 9 heteroatoms. The zero-order valence-electron chi connectivity index (χ0n) is 18.1. The average molecular weight is 450 g/mol. The molecule has 0 aromatic heterocycles. The molecule has 0 spiro atoms. The fraction of sp³-hybridized carbons (Fsp3) is 0.545. The molecular formula is C22H31N3O5S. The van der Waals surface area contributed by atoms with E-state index >= 15 is 0 Å². The molecule has 2 amide bonds. The van der Waals surface area contributed by atoms with Crippen molar-refractivity contribution in [3.05, 3.63) is 41.1 Å². The molecule has 2 heterocycles. The number of carbonyl (C=O) groups excluding carboxylic acids is 2. The van der Waals surface area contributed by atoms with Gasteiger partial charge in [0.15, 0.2) is 0 Å². The second-order valence-electron chi connectivity index (χ2n) is 7.75. The van der Waals surface area contributed by atoms with Crippen molar-refractivity contribution in [1.82, 2.24) is 14.9 Å². The van der Waals surface area contributed by atoms with Crippen LogP contribution < -0.4 is 10.6 Å². The average Bonchev–Trinajstić information content (AvgIpc) is 2.78. The highest BCUT2D eigenvalue weighted by atomic mass is 32.2. The number of sulfonamides is 1. The monoisotopic (exact) mass is 449 g/mol. The lowest BCUT2D eigenvalue weighted by molar-refractivity contribution is -0.139. The zero-order valence-corrected chi connectivity index (χ0v) is 19.0. The number of hydrogen-bond acceptors (Lipinski definition) is 5. The Kier molecular flexibility index (Phi) is 7.72. The molecule has 0 aliphatic carbocycles. The van der Waals surface area contributed by atoms with Gasteiger partial charge in [-0.1, -0.05) is 38.0 Å². The summed E-state index contributed by atoms with van der Waals surface area (Å²) >= 11 is 0. The number of piperidine rings is 1. The molecule has 0 bridgehead atoms. The van der Waals surface area contributed by atoms with Gasteiger partial charge in [0.05, 0.1) is 23.1 Å². The zero-order chi connectivity index (χ0) is 22.4. The topological polar surface area (TPSA) is 105 Å². The predicted molar refractivity (Wildman–Crippen MR) is 117 cm³/mol. The fourth-order valence-corrected chi connectivity index (χ4v) is 5.80. The van der Waals surface area contributed by atoms with Crippen LogP contribution in [0.4, 0.5) is 4.79 Å². The van der Waals surface area contributed by atoms with Gasteiger partial charge in [-0.25, -0.2) is 18.0 Å². The number of unbranched alkanes of at least 4 members (excludes halogenated alkanes) is 1. The Labute approximate surface area is 184 Å². The summed E-state index contributed by atoms with van der Waals surface area (Å²) < 4.78 is 33.7. The molecule has 1 aromatic rings. The van der Waals surface area contributed by atoms with Gasteiger partial charge in [0.25, 0.3) is 0 Å². The smallest absolute Gasteiger partial charge is 0.338 e. The third-order valence-electron chi connectivity index (χ3n) is 5.59. The van der Waals surface area contributed by atoms with Crippen molar-refractivity contribution in [2.24, 2.45) is 0 Å². The largest absolute Gasteiger partial charge is 0.463 e. The molecule has 2 aliphatic heterocycles. The van der Waals surface area contributed by atoms with Crippen LogP contribution >= 0.6 is 0 Å². The Morgan fingerprint density at radius 3 is 2.55 bits per heavy atom.